The second kappa shape index (κ2) is 4.98. The Morgan fingerprint density at radius 1 is 1.10 bits per heavy atom. The number of hydrogen-bond donors (Lipinski definition) is 1. The average Bonchev–Trinajstić information content (AvgIpc) is 3.27. The molecule has 2 fully saturated rings. The van der Waals surface area contributed by atoms with Crippen molar-refractivity contribution in [2.24, 2.45) is 11.8 Å². The minimum atomic E-state index is 0.178. The van der Waals surface area contributed by atoms with Crippen LogP contribution in [0, 0.1) is 11.8 Å². The Bertz CT molecular complexity index is 469. The number of methoxy groups -OCH3 is 1. The van der Waals surface area contributed by atoms with Gasteiger partial charge in [-0.1, -0.05) is 26.8 Å². The van der Waals surface area contributed by atoms with Crippen molar-refractivity contribution in [3.05, 3.63) is 23.8 Å². The first kappa shape index (κ1) is 13.8. The van der Waals surface area contributed by atoms with Gasteiger partial charge in [0.2, 0.25) is 0 Å². The van der Waals surface area contributed by atoms with E-state index in [1.54, 1.807) is 7.11 Å². The summed E-state index contributed by atoms with van der Waals surface area (Å²) < 4.78 is 5.55. The zero-order chi connectivity index (χ0) is 14.3. The summed E-state index contributed by atoms with van der Waals surface area (Å²) in [6.45, 7) is 6.79. The van der Waals surface area contributed by atoms with E-state index in [4.69, 9.17) is 4.74 Å². The maximum absolute atomic E-state index is 5.55. The van der Waals surface area contributed by atoms with Crippen LogP contribution < -0.4 is 10.1 Å². The summed E-state index contributed by atoms with van der Waals surface area (Å²) in [5.74, 6) is 2.76. The van der Waals surface area contributed by atoms with Gasteiger partial charge in [-0.3, -0.25) is 0 Å². The zero-order valence-corrected chi connectivity index (χ0v) is 13.2. The first-order chi connectivity index (χ1) is 9.49. The molecule has 0 spiro atoms. The van der Waals surface area contributed by atoms with Gasteiger partial charge in [0.15, 0.2) is 0 Å². The second-order valence-corrected chi connectivity index (χ2v) is 7.51. The lowest BCUT2D eigenvalue weighted by molar-refractivity contribution is 0.414. The highest BCUT2D eigenvalue weighted by Crippen LogP contribution is 2.46. The Morgan fingerprint density at radius 2 is 1.70 bits per heavy atom. The molecule has 0 aromatic heterocycles. The molecule has 1 aromatic rings. The number of anilines is 1. The van der Waals surface area contributed by atoms with E-state index in [9.17, 15) is 0 Å². The zero-order valence-electron chi connectivity index (χ0n) is 13.2. The van der Waals surface area contributed by atoms with Crippen LogP contribution in [0.3, 0.4) is 0 Å². The van der Waals surface area contributed by atoms with Gasteiger partial charge in [0.05, 0.1) is 12.8 Å². The van der Waals surface area contributed by atoms with Crippen LogP contribution in [0.1, 0.15) is 52.0 Å². The normalized spacial score (nSPS) is 19.2. The van der Waals surface area contributed by atoms with Crippen LogP contribution >= 0.6 is 0 Å². The van der Waals surface area contributed by atoms with Gasteiger partial charge >= 0.3 is 0 Å². The summed E-state index contributed by atoms with van der Waals surface area (Å²) in [6, 6.07) is 7.25. The molecular formula is C18H27NO. The third kappa shape index (κ3) is 2.94. The molecule has 2 heteroatoms. The van der Waals surface area contributed by atoms with Gasteiger partial charge in [-0.15, -0.1) is 0 Å². The maximum Gasteiger partial charge on any atom is 0.141 e. The third-order valence-electron chi connectivity index (χ3n) is 4.65. The number of hydrogen-bond acceptors (Lipinski definition) is 2. The minimum absolute atomic E-state index is 0.178. The molecule has 0 amide bonds. The summed E-state index contributed by atoms with van der Waals surface area (Å²) in [4.78, 5) is 0. The van der Waals surface area contributed by atoms with Crippen LogP contribution in [0.15, 0.2) is 18.2 Å². The number of ether oxygens (including phenoxy) is 1. The molecule has 1 aromatic carbocycles. The van der Waals surface area contributed by atoms with Gasteiger partial charge in [-0.2, -0.15) is 0 Å². The lowest BCUT2D eigenvalue weighted by Crippen LogP contribution is -2.25. The number of nitrogens with one attached hydrogen (secondary N) is 1. The molecular weight excluding hydrogens is 246 g/mol. The van der Waals surface area contributed by atoms with Crippen molar-refractivity contribution in [3.8, 4) is 5.75 Å². The number of benzene rings is 1. The lowest BCUT2D eigenvalue weighted by atomic mass is 9.86. The van der Waals surface area contributed by atoms with Crippen LogP contribution in [0.2, 0.25) is 0 Å². The van der Waals surface area contributed by atoms with Crippen molar-refractivity contribution < 1.29 is 4.74 Å². The molecule has 2 aliphatic rings. The fraction of sp³-hybridized carbons (Fsp3) is 0.667. The monoisotopic (exact) mass is 273 g/mol. The van der Waals surface area contributed by atoms with Crippen LogP contribution in [0.4, 0.5) is 5.69 Å². The largest absolute Gasteiger partial charge is 0.495 e. The predicted molar refractivity (Wildman–Crippen MR) is 84.6 cm³/mol. The minimum Gasteiger partial charge on any atom is -0.495 e. The SMILES string of the molecule is COc1ccc(C(C)(C)C)cc1NC(C1CC1)C1CC1. The molecule has 3 rings (SSSR count). The fourth-order valence-corrected chi connectivity index (χ4v) is 3.00. The van der Waals surface area contributed by atoms with Crippen molar-refractivity contribution in [2.45, 2.75) is 57.9 Å². The third-order valence-corrected chi connectivity index (χ3v) is 4.65. The smallest absolute Gasteiger partial charge is 0.141 e. The highest BCUT2D eigenvalue weighted by Gasteiger charge is 2.41. The molecule has 110 valence electrons. The van der Waals surface area contributed by atoms with Crippen LogP contribution in [0.25, 0.3) is 0 Å². The summed E-state index contributed by atoms with van der Waals surface area (Å²) >= 11 is 0. The summed E-state index contributed by atoms with van der Waals surface area (Å²) in [5.41, 5.74) is 2.73. The molecule has 20 heavy (non-hydrogen) atoms. The standard InChI is InChI=1S/C18H27NO/c1-18(2,3)14-9-10-16(20-4)15(11-14)19-17(12-5-6-12)13-7-8-13/h9-13,17,19H,5-8H2,1-4H3. The Morgan fingerprint density at radius 3 is 2.15 bits per heavy atom. The van der Waals surface area contributed by atoms with Gasteiger partial charge in [0.1, 0.15) is 5.75 Å². The first-order valence-electron chi connectivity index (χ1n) is 7.94. The second-order valence-electron chi connectivity index (χ2n) is 7.51. The lowest BCUT2D eigenvalue weighted by Gasteiger charge is -2.24. The molecule has 1 N–H and O–H groups in total. The van der Waals surface area contributed by atoms with Gasteiger partial charge in [0, 0.05) is 6.04 Å². The Balaban J connectivity index is 1.85. The molecule has 0 bridgehead atoms. The number of rotatable bonds is 5. The van der Waals surface area contributed by atoms with Gasteiger partial charge in [-0.25, -0.2) is 0 Å². The predicted octanol–water partition coefficient (Wildman–Crippen LogP) is 4.59. The van der Waals surface area contributed by atoms with E-state index < -0.39 is 0 Å². The van der Waals surface area contributed by atoms with E-state index in [0.29, 0.717) is 6.04 Å². The van der Waals surface area contributed by atoms with Gasteiger partial charge in [-0.05, 0) is 60.6 Å². The van der Waals surface area contributed by atoms with Crippen LogP contribution in [0.5, 0.6) is 5.75 Å². The van der Waals surface area contributed by atoms with Crippen molar-refractivity contribution in [3.63, 3.8) is 0 Å². The summed E-state index contributed by atoms with van der Waals surface area (Å²) in [6.07, 6.45) is 5.59. The molecule has 0 aliphatic heterocycles. The first-order valence-corrected chi connectivity index (χ1v) is 7.94. The molecule has 0 unspecified atom stereocenters. The molecule has 0 atom stereocenters. The summed E-state index contributed by atoms with van der Waals surface area (Å²) in [7, 11) is 1.76. The highest BCUT2D eigenvalue weighted by molar-refractivity contribution is 5.60. The van der Waals surface area contributed by atoms with E-state index in [0.717, 1.165) is 17.6 Å². The molecule has 0 heterocycles. The van der Waals surface area contributed by atoms with E-state index in [-0.39, 0.29) is 5.41 Å². The van der Waals surface area contributed by atoms with Crippen molar-refractivity contribution in [1.29, 1.82) is 0 Å². The van der Waals surface area contributed by atoms with Crippen LogP contribution in [-0.4, -0.2) is 13.2 Å². The van der Waals surface area contributed by atoms with Crippen molar-refractivity contribution in [2.75, 3.05) is 12.4 Å². The van der Waals surface area contributed by atoms with Gasteiger partial charge < -0.3 is 10.1 Å². The van der Waals surface area contributed by atoms with E-state index in [2.05, 4.69) is 44.3 Å². The Hall–Kier alpha value is -1.18. The molecule has 0 saturated heterocycles. The van der Waals surface area contributed by atoms with Crippen LogP contribution in [-0.2, 0) is 5.41 Å². The molecule has 0 radical (unpaired) electrons. The quantitative estimate of drug-likeness (QED) is 0.847. The van der Waals surface area contributed by atoms with E-state index in [1.165, 1.54) is 36.9 Å². The fourth-order valence-electron chi connectivity index (χ4n) is 3.00. The maximum atomic E-state index is 5.55. The molecule has 2 nitrogen and oxygen atoms in total. The molecule has 2 saturated carbocycles. The summed E-state index contributed by atoms with van der Waals surface area (Å²) in [5, 5.41) is 3.81. The van der Waals surface area contributed by atoms with Crippen molar-refractivity contribution in [1.82, 2.24) is 0 Å². The Kier molecular flexibility index (Phi) is 3.43. The van der Waals surface area contributed by atoms with E-state index >= 15 is 0 Å². The molecule has 2 aliphatic carbocycles. The highest BCUT2D eigenvalue weighted by atomic mass is 16.5. The van der Waals surface area contributed by atoms with E-state index in [1.807, 2.05) is 0 Å². The van der Waals surface area contributed by atoms with Gasteiger partial charge in [0.25, 0.3) is 0 Å². The van der Waals surface area contributed by atoms with Crippen molar-refractivity contribution >= 4 is 5.69 Å². The average molecular weight is 273 g/mol. The topological polar surface area (TPSA) is 21.3 Å². The Labute approximate surface area is 122 Å².